The van der Waals surface area contributed by atoms with Crippen molar-refractivity contribution >= 4 is 34.3 Å². The fourth-order valence-electron chi connectivity index (χ4n) is 3.72. The summed E-state index contributed by atoms with van der Waals surface area (Å²) in [5.41, 5.74) is 1.78. The van der Waals surface area contributed by atoms with Crippen LogP contribution < -0.4 is 15.9 Å². The summed E-state index contributed by atoms with van der Waals surface area (Å²) in [6.45, 7) is 0. The maximum atomic E-state index is 5.53. The van der Waals surface area contributed by atoms with Crippen molar-refractivity contribution in [2.45, 2.75) is 0 Å². The number of rotatable bonds is 4. The van der Waals surface area contributed by atoms with Crippen molar-refractivity contribution in [3.8, 4) is 0 Å². The Balaban J connectivity index is 1.95. The number of fused-ring (bicyclic) bond motifs is 1. The Hall–Kier alpha value is -3.42. The van der Waals surface area contributed by atoms with E-state index in [1.54, 1.807) is 0 Å². The molecule has 0 atom stereocenters. The molecule has 0 aliphatic heterocycles. The summed E-state index contributed by atoms with van der Waals surface area (Å²) in [4.78, 5) is 4.57. The van der Waals surface area contributed by atoms with E-state index in [2.05, 4.69) is 102 Å². The second kappa shape index (κ2) is 7.54. The third-order valence-corrected chi connectivity index (χ3v) is 8.70. The molecule has 0 spiro atoms. The number of hydrogen-bond donors (Lipinski definition) is 0. The van der Waals surface area contributed by atoms with Gasteiger partial charge in [0.25, 0.3) is 0 Å². The molecule has 0 saturated heterocycles. The quantitative estimate of drug-likeness (QED) is 0.389. The van der Waals surface area contributed by atoms with E-state index in [1.807, 2.05) is 29.1 Å². The first kappa shape index (κ1) is 17.7. The fraction of sp³-hybridized carbons (Fsp3) is 0. The highest BCUT2D eigenvalue weighted by Gasteiger charge is 2.27. The minimum absolute atomic E-state index is 0.875. The van der Waals surface area contributed by atoms with E-state index in [1.165, 1.54) is 15.9 Å². The highest BCUT2D eigenvalue weighted by atomic mass is 31.2. The number of nitrogens with zero attached hydrogens (tertiary/aromatic N) is 3. The number of benzene rings is 3. The Labute approximate surface area is 170 Å². The summed E-state index contributed by atoms with van der Waals surface area (Å²) in [7, 11) is -2.28. The fourth-order valence-corrected chi connectivity index (χ4v) is 7.26. The smallest absolute Gasteiger partial charge is 0.162 e. The second-order valence-corrected chi connectivity index (χ2v) is 9.81. The lowest BCUT2D eigenvalue weighted by atomic mass is 10.4. The van der Waals surface area contributed by atoms with Crippen LogP contribution in [0.15, 0.2) is 126 Å². The minimum Gasteiger partial charge on any atom is -0.305 e. The third kappa shape index (κ3) is 3.10. The van der Waals surface area contributed by atoms with Gasteiger partial charge in [0.15, 0.2) is 5.65 Å². The van der Waals surface area contributed by atoms with Crippen molar-refractivity contribution in [1.82, 2.24) is 9.38 Å². The largest absolute Gasteiger partial charge is 0.305 e. The molecule has 0 saturated carbocycles. The monoisotopic (exact) mass is 393 g/mol. The van der Waals surface area contributed by atoms with Gasteiger partial charge in [-0.15, -0.1) is 0 Å². The van der Waals surface area contributed by atoms with Crippen LogP contribution in [0.1, 0.15) is 0 Å². The number of hydrogen-bond acceptors (Lipinski definition) is 2. The molecule has 5 aromatic rings. The number of pyridine rings is 1. The molecule has 29 heavy (non-hydrogen) atoms. The van der Waals surface area contributed by atoms with Gasteiger partial charge in [-0.2, -0.15) is 0 Å². The number of aromatic nitrogens is 2. The van der Waals surface area contributed by atoms with E-state index >= 15 is 0 Å². The van der Waals surface area contributed by atoms with Crippen LogP contribution in [0.5, 0.6) is 0 Å². The minimum atomic E-state index is -2.28. The Kier molecular flexibility index (Phi) is 4.59. The summed E-state index contributed by atoms with van der Waals surface area (Å²) in [6.07, 6.45) is 5.79. The van der Waals surface area contributed by atoms with Gasteiger partial charge in [-0.25, -0.2) is 9.73 Å². The lowest BCUT2D eigenvalue weighted by Crippen LogP contribution is -2.25. The summed E-state index contributed by atoms with van der Waals surface area (Å²) >= 11 is 0. The van der Waals surface area contributed by atoms with Crippen molar-refractivity contribution in [1.29, 1.82) is 0 Å². The van der Waals surface area contributed by atoms with E-state index in [-0.39, 0.29) is 0 Å². The van der Waals surface area contributed by atoms with Crippen molar-refractivity contribution < 1.29 is 0 Å². The maximum absolute atomic E-state index is 5.53. The van der Waals surface area contributed by atoms with E-state index in [4.69, 9.17) is 4.74 Å². The van der Waals surface area contributed by atoms with Gasteiger partial charge in [-0.1, -0.05) is 91.0 Å². The summed E-state index contributed by atoms with van der Waals surface area (Å²) in [5, 5.41) is 3.68. The predicted molar refractivity (Wildman–Crippen MR) is 122 cm³/mol. The molecule has 0 bridgehead atoms. The molecule has 0 fully saturated rings. The Bertz CT molecular complexity index is 1190. The SMILES string of the molecule is c1ccc(P(=Nc2cccn3ccnc23)(c2ccccc2)c2ccccc2)cc1. The third-order valence-electron chi connectivity index (χ3n) is 5.05. The molecule has 2 aromatic heterocycles. The van der Waals surface area contributed by atoms with Crippen LogP contribution in [-0.2, 0) is 0 Å². The van der Waals surface area contributed by atoms with Gasteiger partial charge in [0, 0.05) is 34.5 Å². The standard InChI is InChI=1S/C25H20N3P/c1-4-11-21(12-5-1)29(22-13-6-2-7-14-22,23-15-8-3-9-16-23)27-24-17-10-19-28-20-18-26-25(24)28/h1-20H. The molecule has 0 radical (unpaired) electrons. The molecule has 0 N–H and O–H groups in total. The molecule has 0 amide bonds. The Morgan fingerprint density at radius 2 is 1.10 bits per heavy atom. The average Bonchev–Trinajstić information content (AvgIpc) is 3.29. The Morgan fingerprint density at radius 3 is 1.62 bits per heavy atom. The molecular weight excluding hydrogens is 373 g/mol. The van der Waals surface area contributed by atoms with Gasteiger partial charge in [-0.05, 0) is 12.1 Å². The molecule has 3 aromatic carbocycles. The van der Waals surface area contributed by atoms with Gasteiger partial charge in [-0.3, -0.25) is 0 Å². The second-order valence-electron chi connectivity index (χ2n) is 6.79. The van der Waals surface area contributed by atoms with Crippen LogP contribution in [0, 0.1) is 0 Å². The lowest BCUT2D eigenvalue weighted by molar-refractivity contribution is 1.18. The molecule has 0 aliphatic carbocycles. The summed E-state index contributed by atoms with van der Waals surface area (Å²) in [6, 6.07) is 36.0. The normalized spacial score (nSPS) is 11.4. The molecule has 5 rings (SSSR count). The van der Waals surface area contributed by atoms with Crippen LogP contribution in [0.25, 0.3) is 5.65 Å². The van der Waals surface area contributed by atoms with Crippen LogP contribution >= 0.6 is 7.05 Å². The molecule has 0 aliphatic rings. The van der Waals surface area contributed by atoms with Crippen molar-refractivity contribution in [2.75, 3.05) is 0 Å². The average molecular weight is 393 g/mol. The predicted octanol–water partition coefficient (Wildman–Crippen LogP) is 5.14. The van der Waals surface area contributed by atoms with Crippen LogP contribution in [0.4, 0.5) is 5.69 Å². The molecule has 4 heteroatoms. The van der Waals surface area contributed by atoms with E-state index in [0.29, 0.717) is 0 Å². The Morgan fingerprint density at radius 1 is 0.586 bits per heavy atom. The molecular formula is C25H20N3P. The highest BCUT2D eigenvalue weighted by molar-refractivity contribution is 7.87. The topological polar surface area (TPSA) is 29.7 Å². The lowest BCUT2D eigenvalue weighted by Gasteiger charge is -2.27. The van der Waals surface area contributed by atoms with Gasteiger partial charge in [0.2, 0.25) is 0 Å². The molecule has 2 heterocycles. The van der Waals surface area contributed by atoms with Crippen LogP contribution in [0.3, 0.4) is 0 Å². The van der Waals surface area contributed by atoms with Crippen LogP contribution in [0.2, 0.25) is 0 Å². The van der Waals surface area contributed by atoms with Crippen molar-refractivity contribution in [3.63, 3.8) is 0 Å². The first-order valence-corrected chi connectivity index (χ1v) is 11.3. The first-order valence-electron chi connectivity index (χ1n) is 9.59. The zero-order valence-corrected chi connectivity index (χ0v) is 16.7. The number of imidazole rings is 1. The molecule has 140 valence electrons. The highest BCUT2D eigenvalue weighted by Crippen LogP contribution is 2.49. The van der Waals surface area contributed by atoms with Gasteiger partial charge in [0.1, 0.15) is 5.69 Å². The van der Waals surface area contributed by atoms with Crippen molar-refractivity contribution in [3.05, 3.63) is 122 Å². The zero-order chi connectivity index (χ0) is 19.5. The van der Waals surface area contributed by atoms with E-state index in [0.717, 1.165) is 11.3 Å². The maximum Gasteiger partial charge on any atom is 0.162 e. The van der Waals surface area contributed by atoms with Crippen molar-refractivity contribution in [2.24, 2.45) is 4.74 Å². The van der Waals surface area contributed by atoms with E-state index < -0.39 is 7.05 Å². The van der Waals surface area contributed by atoms with E-state index in [9.17, 15) is 0 Å². The first-order chi connectivity index (χ1) is 14.4. The van der Waals surface area contributed by atoms with Gasteiger partial charge in [0.05, 0.1) is 7.05 Å². The summed E-state index contributed by atoms with van der Waals surface area (Å²) < 4.78 is 7.55. The van der Waals surface area contributed by atoms with Crippen LogP contribution in [-0.4, -0.2) is 9.38 Å². The molecule has 3 nitrogen and oxygen atoms in total. The molecule has 0 unspecified atom stereocenters. The van der Waals surface area contributed by atoms with Gasteiger partial charge < -0.3 is 4.40 Å². The zero-order valence-electron chi connectivity index (χ0n) is 15.8. The summed E-state index contributed by atoms with van der Waals surface area (Å²) in [5.74, 6) is 0. The van der Waals surface area contributed by atoms with Gasteiger partial charge >= 0.3 is 0 Å².